The zero-order chi connectivity index (χ0) is 24.6. The maximum Gasteiger partial charge on any atom is 0.152 e. The first-order valence-corrected chi connectivity index (χ1v) is 17.3. The van der Waals surface area contributed by atoms with Gasteiger partial charge in [0.25, 0.3) is 0 Å². The summed E-state index contributed by atoms with van der Waals surface area (Å²) < 4.78 is 0. The molecule has 0 spiro atoms. The van der Waals surface area contributed by atoms with Crippen molar-refractivity contribution in [2.75, 3.05) is 0 Å². The monoisotopic (exact) mass is 510 g/mol. The van der Waals surface area contributed by atoms with E-state index < -0.39 is 8.07 Å². The number of thiol groups is 1. The number of hydrogen-bond acceptors (Lipinski definition) is 2. The smallest absolute Gasteiger partial charge is 0.142 e. The number of unbranched alkanes of at least 4 members (excludes halogenated alkanes) is 5. The Morgan fingerprint density at radius 2 is 1.68 bits per heavy atom. The van der Waals surface area contributed by atoms with Crippen LogP contribution in [0.3, 0.4) is 0 Å². The molecule has 3 rings (SSSR count). The second-order valence-electron chi connectivity index (χ2n) is 10.2. The quantitative estimate of drug-likeness (QED) is 0.146. The van der Waals surface area contributed by atoms with E-state index in [2.05, 4.69) is 77.1 Å². The molecule has 0 N–H and O–H groups in total. The molecule has 0 saturated heterocycles. The van der Waals surface area contributed by atoms with Crippen molar-refractivity contribution in [2.24, 2.45) is 5.92 Å². The van der Waals surface area contributed by atoms with Crippen LogP contribution in [-0.4, -0.2) is 8.07 Å². The third kappa shape index (κ3) is 6.02. The highest BCUT2D eigenvalue weighted by atomic mass is 32.1. The zero-order valence-electron chi connectivity index (χ0n) is 22.3. The fraction of sp³-hybridized carbons (Fsp3) is 0.548. The molecule has 0 radical (unpaired) electrons. The summed E-state index contributed by atoms with van der Waals surface area (Å²) in [7, 11) is -2.10. The lowest BCUT2D eigenvalue weighted by molar-refractivity contribution is 0.488. The minimum Gasteiger partial charge on any atom is -0.142 e. The highest BCUT2D eigenvalue weighted by Crippen LogP contribution is 2.44. The van der Waals surface area contributed by atoms with Crippen LogP contribution in [0.4, 0.5) is 0 Å². The van der Waals surface area contributed by atoms with Crippen molar-refractivity contribution in [3.63, 3.8) is 0 Å². The van der Waals surface area contributed by atoms with Crippen molar-refractivity contribution in [1.82, 2.24) is 0 Å². The van der Waals surface area contributed by atoms with Gasteiger partial charge in [0.15, 0.2) is 8.07 Å². The summed E-state index contributed by atoms with van der Waals surface area (Å²) in [6.07, 6.45) is 17.9. The van der Waals surface area contributed by atoms with Crippen LogP contribution >= 0.6 is 24.0 Å². The Labute approximate surface area is 220 Å². The van der Waals surface area contributed by atoms with Crippen LogP contribution in [0.15, 0.2) is 47.7 Å². The Balaban J connectivity index is 2.01. The zero-order valence-corrected chi connectivity index (χ0v) is 25.0. The Morgan fingerprint density at radius 3 is 2.32 bits per heavy atom. The number of fused-ring (bicyclic) bond motifs is 1. The largest absolute Gasteiger partial charge is 0.152 e. The minimum absolute atomic E-state index is 0.775. The van der Waals surface area contributed by atoms with E-state index in [1.165, 1.54) is 90.5 Å². The van der Waals surface area contributed by atoms with Crippen LogP contribution in [-0.2, 0) is 6.42 Å². The molecule has 186 valence electrons. The fourth-order valence-corrected chi connectivity index (χ4v) is 14.2. The molecular formula is C31H46S2Si. The van der Waals surface area contributed by atoms with Crippen LogP contribution in [0.5, 0.6) is 0 Å². The molecule has 1 aromatic carbocycles. The van der Waals surface area contributed by atoms with E-state index in [1.807, 2.05) is 11.3 Å². The average Bonchev–Trinajstić information content (AvgIpc) is 3.33. The molecule has 34 heavy (non-hydrogen) atoms. The summed E-state index contributed by atoms with van der Waals surface area (Å²) in [6.45, 7) is 11.5. The lowest BCUT2D eigenvalue weighted by Crippen LogP contribution is -2.59. The standard InChI is InChI=1S/C31H46S2Si/c1-6-10-12-13-14-17-26-18-20-27(21-19-26)34(23-25(9-4)16-11-7-2)28(15-8-3)30(32)31-29(34)22-24(5)33-31/h8,15,18-22,25,32H,6-7,9-14,16-17,23H2,1-5H3. The van der Waals surface area contributed by atoms with E-state index in [0.29, 0.717) is 0 Å². The van der Waals surface area contributed by atoms with Gasteiger partial charge in [-0.2, -0.15) is 0 Å². The van der Waals surface area contributed by atoms with Gasteiger partial charge in [-0.1, -0.05) is 109 Å². The van der Waals surface area contributed by atoms with Gasteiger partial charge in [-0.3, -0.25) is 0 Å². The Bertz CT molecular complexity index is 966. The van der Waals surface area contributed by atoms with Gasteiger partial charge in [0.05, 0.1) is 0 Å². The maximum absolute atomic E-state index is 5.17. The van der Waals surface area contributed by atoms with E-state index in [1.54, 1.807) is 15.6 Å². The molecule has 0 nitrogen and oxygen atoms in total. The van der Waals surface area contributed by atoms with Crippen LogP contribution in [0.2, 0.25) is 6.04 Å². The van der Waals surface area contributed by atoms with E-state index in [9.17, 15) is 0 Å². The van der Waals surface area contributed by atoms with Gasteiger partial charge in [0.1, 0.15) is 0 Å². The first-order chi connectivity index (χ1) is 16.5. The van der Waals surface area contributed by atoms with Crippen molar-refractivity contribution in [2.45, 2.75) is 105 Å². The Kier molecular flexibility index (Phi) is 10.8. The van der Waals surface area contributed by atoms with Crippen LogP contribution < -0.4 is 10.4 Å². The Morgan fingerprint density at radius 1 is 0.971 bits per heavy atom. The van der Waals surface area contributed by atoms with E-state index >= 15 is 0 Å². The van der Waals surface area contributed by atoms with E-state index in [-0.39, 0.29) is 0 Å². The molecule has 2 unspecified atom stereocenters. The lowest BCUT2D eigenvalue weighted by atomic mass is 10.0. The molecule has 2 atom stereocenters. The molecule has 1 aliphatic rings. The summed E-state index contributed by atoms with van der Waals surface area (Å²) in [5, 5.41) is 4.77. The fourth-order valence-electron chi connectivity index (χ4n) is 5.78. The molecule has 0 amide bonds. The highest BCUT2D eigenvalue weighted by molar-refractivity contribution is 7.91. The molecular weight excluding hydrogens is 465 g/mol. The second-order valence-corrected chi connectivity index (χ2v) is 15.8. The average molecular weight is 511 g/mol. The molecule has 0 fully saturated rings. The molecule has 0 aliphatic carbocycles. The Hall–Kier alpha value is -1.03. The predicted octanol–water partition coefficient (Wildman–Crippen LogP) is 9.12. The van der Waals surface area contributed by atoms with Gasteiger partial charge in [-0.05, 0) is 65.9 Å². The normalized spacial score (nSPS) is 18.8. The summed E-state index contributed by atoms with van der Waals surface area (Å²) in [5.41, 5.74) is 1.50. The second kappa shape index (κ2) is 13.3. The number of benzene rings is 1. The summed E-state index contributed by atoms with van der Waals surface area (Å²) in [5.74, 6) is 0.775. The minimum atomic E-state index is -2.10. The van der Waals surface area contributed by atoms with Gasteiger partial charge in [0, 0.05) is 14.7 Å². The van der Waals surface area contributed by atoms with Crippen molar-refractivity contribution in [1.29, 1.82) is 0 Å². The van der Waals surface area contributed by atoms with Gasteiger partial charge >= 0.3 is 0 Å². The number of rotatable bonds is 14. The molecule has 3 heteroatoms. The van der Waals surface area contributed by atoms with Crippen molar-refractivity contribution in [3.05, 3.63) is 63.0 Å². The first-order valence-electron chi connectivity index (χ1n) is 13.8. The summed E-state index contributed by atoms with van der Waals surface area (Å²) >= 11 is 7.12. The van der Waals surface area contributed by atoms with Crippen molar-refractivity contribution in [3.8, 4) is 0 Å². The van der Waals surface area contributed by atoms with Gasteiger partial charge in [-0.25, -0.2) is 0 Å². The van der Waals surface area contributed by atoms with Crippen LogP contribution in [0.1, 0.15) is 101 Å². The molecule has 2 heterocycles. The lowest BCUT2D eigenvalue weighted by Gasteiger charge is -2.34. The van der Waals surface area contributed by atoms with E-state index in [4.69, 9.17) is 12.6 Å². The van der Waals surface area contributed by atoms with Gasteiger partial charge < -0.3 is 0 Å². The van der Waals surface area contributed by atoms with Gasteiger partial charge in [-0.15, -0.1) is 24.0 Å². The molecule has 1 aliphatic heterocycles. The predicted molar refractivity (Wildman–Crippen MR) is 162 cm³/mol. The number of hydrogen-bond donors (Lipinski definition) is 1. The van der Waals surface area contributed by atoms with Crippen LogP contribution in [0.25, 0.3) is 4.91 Å². The van der Waals surface area contributed by atoms with Crippen LogP contribution in [0, 0.1) is 12.8 Å². The summed E-state index contributed by atoms with van der Waals surface area (Å²) in [4.78, 5) is 4.13. The number of allylic oxidation sites excluding steroid dienone is 3. The topological polar surface area (TPSA) is 0 Å². The third-order valence-corrected chi connectivity index (χ3v) is 15.0. The van der Waals surface area contributed by atoms with Crippen molar-refractivity contribution >= 4 is 47.3 Å². The molecule has 2 aromatic rings. The summed E-state index contributed by atoms with van der Waals surface area (Å²) in [6, 6.07) is 13.7. The molecule has 1 aromatic heterocycles. The third-order valence-electron chi connectivity index (χ3n) is 7.73. The van der Waals surface area contributed by atoms with E-state index in [0.717, 1.165) is 5.92 Å². The first kappa shape index (κ1) is 27.6. The molecule has 0 saturated carbocycles. The SMILES string of the molecule is CC=CC1=C(S)c2sc(C)cc2[Si]1(CC(CC)CCCC)c1ccc(CCCCCCC)cc1. The van der Waals surface area contributed by atoms with Crippen molar-refractivity contribution < 1.29 is 0 Å². The number of aryl methyl sites for hydroxylation is 2. The maximum atomic E-state index is 5.17. The number of thiophene rings is 1. The molecule has 0 bridgehead atoms. The highest BCUT2D eigenvalue weighted by Gasteiger charge is 2.49. The van der Waals surface area contributed by atoms with Gasteiger partial charge in [0.2, 0.25) is 0 Å².